The Hall–Kier alpha value is -2.11. The molecule has 26 heavy (non-hydrogen) atoms. The molecule has 0 saturated carbocycles. The number of fused-ring (bicyclic) bond motifs is 1. The molecule has 1 aliphatic heterocycles. The molecular formula is C20H21ClN2O3. The topological polar surface area (TPSA) is 62.6 Å². The maximum Gasteiger partial charge on any atom is 0.290 e. The van der Waals surface area contributed by atoms with E-state index in [2.05, 4.69) is 5.32 Å². The van der Waals surface area contributed by atoms with Gasteiger partial charge in [0.1, 0.15) is 5.76 Å². The summed E-state index contributed by atoms with van der Waals surface area (Å²) in [6.45, 7) is 3.72. The van der Waals surface area contributed by atoms with Crippen LogP contribution in [0.15, 0.2) is 28.7 Å². The lowest BCUT2D eigenvalue weighted by atomic mass is 9.93. The average molecular weight is 373 g/mol. The largest absolute Gasteiger partial charge is 0.455 e. The molecule has 0 radical (unpaired) electrons. The number of halogens is 1. The van der Waals surface area contributed by atoms with Gasteiger partial charge in [-0.25, -0.2) is 0 Å². The molecule has 2 aromatic rings. The van der Waals surface area contributed by atoms with E-state index in [1.807, 2.05) is 31.2 Å². The summed E-state index contributed by atoms with van der Waals surface area (Å²) in [5, 5.41) is 3.97. The summed E-state index contributed by atoms with van der Waals surface area (Å²) in [6.07, 6.45) is 2.02. The van der Waals surface area contributed by atoms with E-state index in [0.717, 1.165) is 12.0 Å². The van der Waals surface area contributed by atoms with Crippen molar-refractivity contribution in [2.24, 2.45) is 0 Å². The highest BCUT2D eigenvalue weighted by atomic mass is 35.5. The number of rotatable bonds is 2. The number of nitrogens with zero attached hydrogens (tertiary/aromatic N) is 1. The second kappa shape index (κ2) is 6.89. The summed E-state index contributed by atoms with van der Waals surface area (Å²) in [4.78, 5) is 27.3. The second-order valence-corrected chi connectivity index (χ2v) is 7.28. The smallest absolute Gasteiger partial charge is 0.290 e. The third-order valence-electron chi connectivity index (χ3n) is 5.27. The van der Waals surface area contributed by atoms with Crippen LogP contribution < -0.4 is 5.32 Å². The zero-order chi connectivity index (χ0) is 18.3. The number of Topliss-reactive ketones (excluding diaryl/α,β-unsaturated/α-hetero) is 1. The maximum atomic E-state index is 13.3. The summed E-state index contributed by atoms with van der Waals surface area (Å²) in [5.41, 5.74) is 2.20. The fourth-order valence-corrected chi connectivity index (χ4v) is 4.22. The van der Waals surface area contributed by atoms with Gasteiger partial charge in [0.25, 0.3) is 5.91 Å². The first-order valence-electron chi connectivity index (χ1n) is 8.99. The van der Waals surface area contributed by atoms with E-state index in [9.17, 15) is 9.59 Å². The van der Waals surface area contributed by atoms with Crippen molar-refractivity contribution < 1.29 is 14.0 Å². The minimum absolute atomic E-state index is 0.0783. The van der Waals surface area contributed by atoms with Crippen molar-refractivity contribution in [1.29, 1.82) is 0 Å². The normalized spacial score (nSPS) is 20.2. The Bertz CT molecular complexity index is 874. The zero-order valence-electron chi connectivity index (χ0n) is 14.7. The zero-order valence-corrected chi connectivity index (χ0v) is 15.4. The van der Waals surface area contributed by atoms with Gasteiger partial charge in [0.2, 0.25) is 0 Å². The Labute approximate surface area is 157 Å². The lowest BCUT2D eigenvalue weighted by Crippen LogP contribution is -2.48. The van der Waals surface area contributed by atoms with Crippen molar-refractivity contribution in [1.82, 2.24) is 10.2 Å². The molecule has 1 atom stereocenters. The molecule has 1 fully saturated rings. The van der Waals surface area contributed by atoms with Crippen LogP contribution in [0, 0.1) is 6.92 Å². The van der Waals surface area contributed by atoms with Crippen LogP contribution in [0.2, 0.25) is 5.02 Å². The molecule has 1 aliphatic carbocycles. The van der Waals surface area contributed by atoms with E-state index >= 15 is 0 Å². The van der Waals surface area contributed by atoms with Gasteiger partial charge in [-0.05, 0) is 25.0 Å². The van der Waals surface area contributed by atoms with Gasteiger partial charge < -0.3 is 14.6 Å². The third kappa shape index (κ3) is 2.85. The van der Waals surface area contributed by atoms with E-state index in [-0.39, 0.29) is 17.7 Å². The average Bonchev–Trinajstić information content (AvgIpc) is 2.99. The molecule has 0 bridgehead atoms. The highest BCUT2D eigenvalue weighted by Crippen LogP contribution is 2.33. The highest BCUT2D eigenvalue weighted by Gasteiger charge is 2.35. The number of hydrogen-bond donors (Lipinski definition) is 1. The van der Waals surface area contributed by atoms with Crippen LogP contribution in [0.4, 0.5) is 0 Å². The van der Waals surface area contributed by atoms with Gasteiger partial charge >= 0.3 is 0 Å². The lowest BCUT2D eigenvalue weighted by Gasteiger charge is -2.36. The fourth-order valence-electron chi connectivity index (χ4n) is 3.95. The number of ketones is 1. The van der Waals surface area contributed by atoms with Crippen molar-refractivity contribution in [3.8, 4) is 0 Å². The molecule has 2 heterocycles. The molecule has 6 heteroatoms. The Kier molecular flexibility index (Phi) is 4.59. The van der Waals surface area contributed by atoms with Gasteiger partial charge in [-0.3, -0.25) is 9.59 Å². The number of benzene rings is 1. The fraction of sp³-hybridized carbons (Fsp3) is 0.400. The van der Waals surface area contributed by atoms with Crippen molar-refractivity contribution >= 4 is 23.3 Å². The monoisotopic (exact) mass is 372 g/mol. The molecule has 2 aliphatic rings. The minimum atomic E-state index is -0.170. The number of furan rings is 1. The quantitative estimate of drug-likeness (QED) is 0.875. The standard InChI is InChI=1S/C20H21ClN2O3/c1-12-18-16(24)7-4-8-17(18)26-19(12)20(25)23-10-9-22-11-15(23)13-5-2-3-6-14(13)21/h2-3,5-6,15,22H,4,7-11H2,1H3. The molecule has 5 nitrogen and oxygen atoms in total. The van der Waals surface area contributed by atoms with E-state index in [4.69, 9.17) is 16.0 Å². The van der Waals surface area contributed by atoms with Crippen LogP contribution in [-0.4, -0.2) is 36.2 Å². The van der Waals surface area contributed by atoms with E-state index in [0.29, 0.717) is 60.1 Å². The van der Waals surface area contributed by atoms with Crippen LogP contribution >= 0.6 is 11.6 Å². The lowest BCUT2D eigenvalue weighted by molar-refractivity contribution is 0.0598. The first kappa shape index (κ1) is 17.3. The SMILES string of the molecule is Cc1c(C(=O)N2CCNCC2c2ccccc2Cl)oc2c1C(=O)CCC2. The van der Waals surface area contributed by atoms with E-state index in [1.165, 1.54) is 0 Å². The van der Waals surface area contributed by atoms with Gasteiger partial charge in [-0.2, -0.15) is 0 Å². The van der Waals surface area contributed by atoms with Gasteiger partial charge in [0.15, 0.2) is 11.5 Å². The number of nitrogens with one attached hydrogen (secondary N) is 1. The molecular weight excluding hydrogens is 352 g/mol. The van der Waals surface area contributed by atoms with Crippen LogP contribution in [-0.2, 0) is 6.42 Å². The summed E-state index contributed by atoms with van der Waals surface area (Å²) in [6, 6.07) is 7.42. The highest BCUT2D eigenvalue weighted by molar-refractivity contribution is 6.31. The van der Waals surface area contributed by atoms with Crippen molar-refractivity contribution in [3.63, 3.8) is 0 Å². The molecule has 1 unspecified atom stereocenters. The summed E-state index contributed by atoms with van der Waals surface area (Å²) in [7, 11) is 0. The number of carbonyl (C=O) groups is 2. The first-order valence-corrected chi connectivity index (χ1v) is 9.37. The van der Waals surface area contributed by atoms with Gasteiger partial charge in [0, 0.05) is 43.1 Å². The van der Waals surface area contributed by atoms with Crippen LogP contribution in [0.25, 0.3) is 0 Å². The summed E-state index contributed by atoms with van der Waals surface area (Å²) >= 11 is 6.37. The van der Waals surface area contributed by atoms with Crippen LogP contribution in [0.5, 0.6) is 0 Å². The van der Waals surface area contributed by atoms with E-state index < -0.39 is 0 Å². The van der Waals surface area contributed by atoms with Crippen molar-refractivity contribution in [3.05, 3.63) is 57.5 Å². The Morgan fingerprint density at radius 2 is 2.12 bits per heavy atom. The predicted molar refractivity (Wildman–Crippen MR) is 98.8 cm³/mol. The molecule has 0 spiro atoms. The molecule has 1 saturated heterocycles. The molecule has 1 aromatic carbocycles. The second-order valence-electron chi connectivity index (χ2n) is 6.87. The molecule has 136 valence electrons. The van der Waals surface area contributed by atoms with Crippen molar-refractivity contribution in [2.45, 2.75) is 32.2 Å². The Balaban J connectivity index is 1.71. The maximum absolute atomic E-state index is 13.3. The summed E-state index contributed by atoms with van der Waals surface area (Å²) < 4.78 is 5.87. The molecule has 1 amide bonds. The number of aryl methyl sites for hydroxylation is 1. The predicted octanol–water partition coefficient (Wildman–Crippen LogP) is 3.55. The Morgan fingerprint density at radius 3 is 2.88 bits per heavy atom. The van der Waals surface area contributed by atoms with Crippen LogP contribution in [0.1, 0.15) is 56.7 Å². The summed E-state index contributed by atoms with van der Waals surface area (Å²) in [5.74, 6) is 0.862. The van der Waals surface area contributed by atoms with Gasteiger partial charge in [0.05, 0.1) is 11.6 Å². The van der Waals surface area contributed by atoms with E-state index in [1.54, 1.807) is 4.90 Å². The van der Waals surface area contributed by atoms with Crippen LogP contribution in [0.3, 0.4) is 0 Å². The van der Waals surface area contributed by atoms with Gasteiger partial charge in [-0.1, -0.05) is 29.8 Å². The molecule has 1 N–H and O–H groups in total. The third-order valence-corrected chi connectivity index (χ3v) is 5.61. The first-order chi connectivity index (χ1) is 12.6. The number of carbonyl (C=O) groups excluding carboxylic acids is 2. The number of amides is 1. The van der Waals surface area contributed by atoms with Crippen molar-refractivity contribution in [2.75, 3.05) is 19.6 Å². The number of piperazine rings is 1. The minimum Gasteiger partial charge on any atom is -0.455 e. The number of hydrogen-bond acceptors (Lipinski definition) is 4. The van der Waals surface area contributed by atoms with Gasteiger partial charge in [-0.15, -0.1) is 0 Å². The Morgan fingerprint density at radius 1 is 1.31 bits per heavy atom. The molecule has 4 rings (SSSR count). The molecule has 1 aromatic heterocycles.